The Hall–Kier alpha value is -3.50. The second-order valence-corrected chi connectivity index (χ2v) is 6.36. The molecule has 0 spiro atoms. The van der Waals surface area contributed by atoms with Crippen molar-refractivity contribution in [3.05, 3.63) is 33.9 Å². The first-order chi connectivity index (χ1) is 12.5. The molecule has 1 heterocycles. The summed E-state index contributed by atoms with van der Waals surface area (Å²) in [4.78, 5) is 58.4. The second kappa shape index (κ2) is 7.40. The summed E-state index contributed by atoms with van der Waals surface area (Å²) in [7, 11) is 0. The van der Waals surface area contributed by atoms with Gasteiger partial charge in [0.2, 0.25) is 0 Å². The van der Waals surface area contributed by atoms with Crippen LogP contribution in [0.1, 0.15) is 19.4 Å². The lowest BCUT2D eigenvalue weighted by atomic mass is 10.1. The van der Waals surface area contributed by atoms with Crippen molar-refractivity contribution in [1.29, 1.82) is 0 Å². The van der Waals surface area contributed by atoms with E-state index < -0.39 is 47.4 Å². The Morgan fingerprint density at radius 3 is 2.56 bits per heavy atom. The van der Waals surface area contributed by atoms with E-state index in [0.717, 1.165) is 0 Å². The molecule has 0 atom stereocenters. The van der Waals surface area contributed by atoms with Crippen molar-refractivity contribution in [3.8, 4) is 0 Å². The van der Waals surface area contributed by atoms with Gasteiger partial charge >= 0.3 is 12.0 Å². The molecule has 1 aliphatic rings. The first-order valence-electron chi connectivity index (χ1n) is 7.86. The minimum absolute atomic E-state index is 0.161. The van der Waals surface area contributed by atoms with Crippen LogP contribution in [0.2, 0.25) is 0 Å². The predicted molar refractivity (Wildman–Crippen MR) is 91.7 cm³/mol. The minimum atomic E-state index is -1.12. The maximum atomic E-state index is 12.0. The predicted octanol–water partition coefficient (Wildman–Crippen LogP) is 0.715. The topological polar surface area (TPSA) is 148 Å². The lowest BCUT2D eigenvalue weighted by Crippen LogP contribution is -2.41. The van der Waals surface area contributed by atoms with E-state index in [0.29, 0.717) is 4.90 Å². The highest BCUT2D eigenvalue weighted by Crippen LogP contribution is 2.24. The molecule has 2 N–H and O–H groups in total. The van der Waals surface area contributed by atoms with E-state index in [1.54, 1.807) is 0 Å². The SMILES string of the molecule is Cc1c(NC(=O)COC(=O)CN2C(=O)NC(C)(C)C2=O)cccc1[N+](=O)[O-]. The fourth-order valence-corrected chi connectivity index (χ4v) is 2.43. The normalized spacial score (nSPS) is 15.3. The second-order valence-electron chi connectivity index (χ2n) is 6.36. The van der Waals surface area contributed by atoms with Gasteiger partial charge in [0.15, 0.2) is 6.61 Å². The molecular formula is C16H18N4O7. The molecule has 2 rings (SSSR count). The lowest BCUT2D eigenvalue weighted by Gasteiger charge is -2.15. The van der Waals surface area contributed by atoms with Crippen LogP contribution < -0.4 is 10.6 Å². The highest BCUT2D eigenvalue weighted by atomic mass is 16.6. The molecule has 1 aromatic carbocycles. The number of nitrogens with zero attached hydrogens (tertiary/aromatic N) is 2. The molecule has 1 saturated heterocycles. The molecule has 4 amide bonds. The van der Waals surface area contributed by atoms with Gasteiger partial charge in [0.25, 0.3) is 17.5 Å². The number of imide groups is 1. The summed E-state index contributed by atoms with van der Waals surface area (Å²) in [5.74, 6) is -2.24. The number of carbonyl (C=O) groups is 4. The fraction of sp³-hybridized carbons (Fsp3) is 0.375. The first-order valence-corrected chi connectivity index (χ1v) is 7.86. The van der Waals surface area contributed by atoms with Crippen molar-refractivity contribution in [2.75, 3.05) is 18.5 Å². The molecule has 0 bridgehead atoms. The number of nitro benzene ring substituents is 1. The Labute approximate surface area is 153 Å². The van der Waals surface area contributed by atoms with Gasteiger partial charge in [-0.05, 0) is 26.8 Å². The van der Waals surface area contributed by atoms with Gasteiger partial charge in [0.1, 0.15) is 12.1 Å². The van der Waals surface area contributed by atoms with Gasteiger partial charge in [-0.3, -0.25) is 29.4 Å². The Kier molecular flexibility index (Phi) is 5.43. The Morgan fingerprint density at radius 2 is 2.00 bits per heavy atom. The average molecular weight is 378 g/mol. The number of nitro groups is 1. The average Bonchev–Trinajstić information content (AvgIpc) is 2.76. The van der Waals surface area contributed by atoms with Gasteiger partial charge in [0, 0.05) is 6.07 Å². The van der Waals surface area contributed by atoms with E-state index in [-0.39, 0.29) is 16.9 Å². The van der Waals surface area contributed by atoms with Crippen LogP contribution in [0.15, 0.2) is 18.2 Å². The standard InChI is InChI=1S/C16H18N4O7/c1-9-10(5-4-6-11(9)20(25)26)17-12(21)8-27-13(22)7-19-14(23)16(2,3)18-15(19)24/h4-6H,7-8H2,1-3H3,(H,17,21)(H,18,24). The maximum absolute atomic E-state index is 12.0. The van der Waals surface area contributed by atoms with E-state index in [1.165, 1.54) is 39.0 Å². The maximum Gasteiger partial charge on any atom is 0.326 e. The third kappa shape index (κ3) is 4.37. The number of nitrogens with one attached hydrogen (secondary N) is 2. The molecule has 0 unspecified atom stereocenters. The third-order valence-corrected chi connectivity index (χ3v) is 3.87. The summed E-state index contributed by atoms with van der Waals surface area (Å²) in [5.41, 5.74) is -0.815. The number of urea groups is 1. The van der Waals surface area contributed by atoms with Gasteiger partial charge in [0.05, 0.1) is 16.2 Å². The van der Waals surface area contributed by atoms with Crippen LogP contribution in [0.5, 0.6) is 0 Å². The van der Waals surface area contributed by atoms with Crippen LogP contribution in [-0.2, 0) is 19.1 Å². The summed E-state index contributed by atoms with van der Waals surface area (Å²) < 4.78 is 4.76. The third-order valence-electron chi connectivity index (χ3n) is 3.87. The van der Waals surface area contributed by atoms with Gasteiger partial charge in [-0.2, -0.15) is 0 Å². The van der Waals surface area contributed by atoms with Crippen LogP contribution in [-0.4, -0.2) is 52.3 Å². The van der Waals surface area contributed by atoms with Gasteiger partial charge in [-0.15, -0.1) is 0 Å². The van der Waals surface area contributed by atoms with Crippen LogP contribution >= 0.6 is 0 Å². The van der Waals surface area contributed by atoms with E-state index in [1.807, 2.05) is 0 Å². The van der Waals surface area contributed by atoms with Crippen molar-refractivity contribution >= 4 is 35.2 Å². The summed E-state index contributed by atoms with van der Waals surface area (Å²) in [6.45, 7) is 3.16. The van der Waals surface area contributed by atoms with E-state index in [9.17, 15) is 29.3 Å². The van der Waals surface area contributed by atoms with Gasteiger partial charge < -0.3 is 15.4 Å². The number of amides is 4. The zero-order chi connectivity index (χ0) is 20.4. The summed E-state index contributed by atoms with van der Waals surface area (Å²) in [5, 5.41) is 15.7. The zero-order valence-electron chi connectivity index (χ0n) is 14.9. The summed E-state index contributed by atoms with van der Waals surface area (Å²) in [6.07, 6.45) is 0. The number of hydrogen-bond donors (Lipinski definition) is 2. The number of ether oxygens (including phenoxy) is 1. The highest BCUT2D eigenvalue weighted by molar-refractivity contribution is 6.08. The van der Waals surface area contributed by atoms with Crippen molar-refractivity contribution in [2.24, 2.45) is 0 Å². The molecule has 27 heavy (non-hydrogen) atoms. The van der Waals surface area contributed by atoms with E-state index >= 15 is 0 Å². The molecule has 0 radical (unpaired) electrons. The fourth-order valence-electron chi connectivity index (χ4n) is 2.43. The van der Waals surface area contributed by atoms with E-state index in [4.69, 9.17) is 4.74 Å². The van der Waals surface area contributed by atoms with Gasteiger partial charge in [-0.1, -0.05) is 6.07 Å². The molecule has 1 fully saturated rings. The number of hydrogen-bond acceptors (Lipinski definition) is 7. The molecule has 0 aliphatic carbocycles. The molecular weight excluding hydrogens is 360 g/mol. The van der Waals surface area contributed by atoms with E-state index in [2.05, 4.69) is 10.6 Å². The highest BCUT2D eigenvalue weighted by Gasteiger charge is 2.45. The monoisotopic (exact) mass is 378 g/mol. The largest absolute Gasteiger partial charge is 0.454 e. The van der Waals surface area contributed by atoms with Crippen molar-refractivity contribution in [2.45, 2.75) is 26.3 Å². The van der Waals surface area contributed by atoms with Crippen molar-refractivity contribution in [1.82, 2.24) is 10.2 Å². The molecule has 1 aliphatic heterocycles. The quantitative estimate of drug-likeness (QED) is 0.320. The molecule has 0 aromatic heterocycles. The Morgan fingerprint density at radius 1 is 1.33 bits per heavy atom. The van der Waals surface area contributed by atoms with Crippen LogP contribution in [0.3, 0.4) is 0 Å². The molecule has 1 aromatic rings. The molecule has 11 nitrogen and oxygen atoms in total. The Balaban J connectivity index is 1.90. The molecule has 11 heteroatoms. The summed E-state index contributed by atoms with van der Waals surface area (Å²) in [6, 6.07) is 3.45. The first kappa shape index (κ1) is 19.8. The van der Waals surface area contributed by atoms with Crippen molar-refractivity contribution < 1.29 is 28.8 Å². The van der Waals surface area contributed by atoms with Crippen LogP contribution in [0, 0.1) is 17.0 Å². The number of benzene rings is 1. The lowest BCUT2D eigenvalue weighted by molar-refractivity contribution is -0.385. The van der Waals surface area contributed by atoms with Crippen LogP contribution in [0.25, 0.3) is 0 Å². The number of esters is 1. The number of anilines is 1. The number of rotatable bonds is 6. The number of carbonyl (C=O) groups excluding carboxylic acids is 4. The van der Waals surface area contributed by atoms with Gasteiger partial charge in [-0.25, -0.2) is 4.79 Å². The zero-order valence-corrected chi connectivity index (χ0v) is 14.9. The molecule has 144 valence electrons. The van der Waals surface area contributed by atoms with Crippen molar-refractivity contribution in [3.63, 3.8) is 0 Å². The smallest absolute Gasteiger partial charge is 0.326 e. The molecule has 0 saturated carbocycles. The van der Waals surface area contributed by atoms with Crippen LogP contribution in [0.4, 0.5) is 16.2 Å². The minimum Gasteiger partial charge on any atom is -0.454 e. The Bertz CT molecular complexity index is 834. The summed E-state index contributed by atoms with van der Waals surface area (Å²) >= 11 is 0.